The molecule has 3 heterocycles. The predicted octanol–water partition coefficient (Wildman–Crippen LogP) is 3.48. The van der Waals surface area contributed by atoms with Gasteiger partial charge in [0.2, 0.25) is 0 Å². The summed E-state index contributed by atoms with van der Waals surface area (Å²) in [5.41, 5.74) is 2.68. The summed E-state index contributed by atoms with van der Waals surface area (Å²) in [4.78, 5) is 22.5. The van der Waals surface area contributed by atoms with Gasteiger partial charge in [0.05, 0.1) is 11.7 Å². The van der Waals surface area contributed by atoms with E-state index in [1.807, 2.05) is 41.9 Å². The highest BCUT2D eigenvalue weighted by Crippen LogP contribution is 2.37. The van der Waals surface area contributed by atoms with Crippen molar-refractivity contribution in [1.29, 1.82) is 0 Å². The number of likely N-dealkylation sites (N-methyl/N-ethyl adjacent to an activating group) is 1. The fraction of sp³-hybridized carbons (Fsp3) is 0.238. The maximum absolute atomic E-state index is 13.2. The molecule has 4 aromatic rings. The van der Waals surface area contributed by atoms with Gasteiger partial charge in [0, 0.05) is 25.0 Å². The smallest absolute Gasteiger partial charge is 0.280 e. The quantitative estimate of drug-likeness (QED) is 0.519. The Bertz CT molecular complexity index is 1320. The lowest BCUT2D eigenvalue weighted by Gasteiger charge is -2.16. The summed E-state index contributed by atoms with van der Waals surface area (Å²) < 4.78 is 29.6. The standard InChI is InChI=1S/C21H18F2N6O/c1-27-16-6-4-3-5-12(16)8-18(27)20(30)28(2)17-9-13(17)7-14-10-15(19(22)23)26-21-24-11-25-29(14)21/h3-8,10-11,17,19H,9H2,1-2H3/b13-7-/t17-/m0/s1. The van der Waals surface area contributed by atoms with Gasteiger partial charge < -0.3 is 9.47 Å². The molecule has 1 fully saturated rings. The summed E-state index contributed by atoms with van der Waals surface area (Å²) in [5, 5.41) is 5.07. The summed E-state index contributed by atoms with van der Waals surface area (Å²) in [6.07, 6.45) is 1.04. The van der Waals surface area contributed by atoms with Crippen LogP contribution >= 0.6 is 0 Å². The number of nitrogens with zero attached hydrogens (tertiary/aromatic N) is 6. The highest BCUT2D eigenvalue weighted by Gasteiger charge is 2.37. The van der Waals surface area contributed by atoms with E-state index in [1.54, 1.807) is 18.0 Å². The number of alkyl halides is 2. The highest BCUT2D eigenvalue weighted by molar-refractivity contribution is 5.99. The van der Waals surface area contributed by atoms with Gasteiger partial charge in [0.1, 0.15) is 17.7 Å². The maximum Gasteiger partial charge on any atom is 0.280 e. The molecule has 0 aliphatic heterocycles. The van der Waals surface area contributed by atoms with Crippen LogP contribution in [-0.2, 0) is 7.05 Å². The molecule has 0 spiro atoms. The van der Waals surface area contributed by atoms with E-state index in [0.717, 1.165) is 16.5 Å². The summed E-state index contributed by atoms with van der Waals surface area (Å²) in [7, 11) is 3.63. The van der Waals surface area contributed by atoms with Gasteiger partial charge in [-0.3, -0.25) is 4.79 Å². The van der Waals surface area contributed by atoms with Gasteiger partial charge in [-0.2, -0.15) is 14.6 Å². The minimum absolute atomic E-state index is 0.0859. The lowest BCUT2D eigenvalue weighted by Crippen LogP contribution is -2.30. The topological polar surface area (TPSA) is 68.3 Å². The Hall–Kier alpha value is -3.62. The van der Waals surface area contributed by atoms with E-state index in [-0.39, 0.29) is 23.4 Å². The number of hydrogen-bond acceptors (Lipinski definition) is 4. The third kappa shape index (κ3) is 2.94. The number of aromatic nitrogens is 5. The first-order valence-electron chi connectivity index (χ1n) is 9.45. The number of carbonyl (C=O) groups excluding carboxylic acids is 1. The van der Waals surface area contributed by atoms with Gasteiger partial charge in [-0.25, -0.2) is 13.8 Å². The number of hydrogen-bond donors (Lipinski definition) is 0. The van der Waals surface area contributed by atoms with Gasteiger partial charge in [0.25, 0.3) is 18.1 Å². The zero-order chi connectivity index (χ0) is 21.0. The van der Waals surface area contributed by atoms with Crippen LogP contribution < -0.4 is 0 Å². The van der Waals surface area contributed by atoms with Gasteiger partial charge >= 0.3 is 0 Å². The first-order valence-corrected chi connectivity index (χ1v) is 9.45. The lowest BCUT2D eigenvalue weighted by atomic mass is 10.2. The average molecular weight is 408 g/mol. The third-order valence-corrected chi connectivity index (χ3v) is 5.51. The second-order valence-electron chi connectivity index (χ2n) is 7.38. The number of rotatable bonds is 4. The zero-order valence-electron chi connectivity index (χ0n) is 16.3. The van der Waals surface area contributed by atoms with Crippen LogP contribution in [0.15, 0.2) is 48.3 Å². The van der Waals surface area contributed by atoms with Gasteiger partial charge in [-0.1, -0.05) is 18.2 Å². The van der Waals surface area contributed by atoms with E-state index in [0.29, 0.717) is 17.8 Å². The Morgan fingerprint density at radius 1 is 1.30 bits per heavy atom. The Labute approximate surface area is 170 Å². The summed E-state index contributed by atoms with van der Waals surface area (Å²) in [5.74, 6) is 0.0350. The van der Waals surface area contributed by atoms with Crippen molar-refractivity contribution in [3.05, 3.63) is 65.4 Å². The fourth-order valence-electron chi connectivity index (χ4n) is 3.78. The van der Waals surface area contributed by atoms with E-state index < -0.39 is 6.43 Å². The molecule has 0 saturated heterocycles. The number of halogens is 2. The van der Waals surface area contributed by atoms with Gasteiger partial charge in [0.15, 0.2) is 0 Å². The van der Waals surface area contributed by atoms with Crippen molar-refractivity contribution < 1.29 is 13.6 Å². The largest absolute Gasteiger partial charge is 0.340 e. The molecule has 1 aliphatic carbocycles. The Morgan fingerprint density at radius 3 is 2.87 bits per heavy atom. The Balaban J connectivity index is 1.43. The number of carbonyl (C=O) groups is 1. The van der Waals surface area contributed by atoms with Crippen molar-refractivity contribution in [1.82, 2.24) is 29.0 Å². The Morgan fingerprint density at radius 2 is 2.10 bits per heavy atom. The minimum Gasteiger partial charge on any atom is -0.340 e. The van der Waals surface area contributed by atoms with Crippen molar-refractivity contribution in [3.63, 3.8) is 0 Å². The average Bonchev–Trinajstić information content (AvgIpc) is 3.18. The van der Waals surface area contributed by atoms with E-state index >= 15 is 0 Å². The van der Waals surface area contributed by atoms with Crippen molar-refractivity contribution in [2.75, 3.05) is 7.05 Å². The van der Waals surface area contributed by atoms with E-state index in [2.05, 4.69) is 15.1 Å². The number of aryl methyl sites for hydroxylation is 1. The van der Waals surface area contributed by atoms with Gasteiger partial charge in [-0.15, -0.1) is 0 Å². The molecule has 9 heteroatoms. The lowest BCUT2D eigenvalue weighted by molar-refractivity contribution is 0.0781. The molecule has 0 bridgehead atoms. The molecule has 30 heavy (non-hydrogen) atoms. The summed E-state index contributed by atoms with van der Waals surface area (Å²) in [6, 6.07) is 10.9. The molecule has 1 saturated carbocycles. The molecule has 0 N–H and O–H groups in total. The normalized spacial score (nSPS) is 17.4. The first kappa shape index (κ1) is 18.4. The van der Waals surface area contributed by atoms with E-state index in [9.17, 15) is 13.6 Å². The summed E-state index contributed by atoms with van der Waals surface area (Å²) in [6.45, 7) is 0. The highest BCUT2D eigenvalue weighted by atomic mass is 19.3. The number of para-hydroxylation sites is 1. The van der Waals surface area contributed by atoms with Crippen LogP contribution in [0, 0.1) is 0 Å². The number of fused-ring (bicyclic) bond motifs is 2. The van der Waals surface area contributed by atoms with Crippen molar-refractivity contribution >= 4 is 28.7 Å². The molecule has 1 atom stereocenters. The van der Waals surface area contributed by atoms with Crippen LogP contribution in [0.25, 0.3) is 22.8 Å². The molecule has 152 valence electrons. The fourth-order valence-corrected chi connectivity index (χ4v) is 3.78. The molecule has 0 radical (unpaired) electrons. The van der Waals surface area contributed by atoms with Crippen LogP contribution in [0.4, 0.5) is 8.78 Å². The monoisotopic (exact) mass is 408 g/mol. The SMILES string of the molecule is CN(C(=O)c1cc2ccccc2n1C)[C@H]1C/C1=C/c1cc(C(F)F)nc2ncnn12. The second-order valence-corrected chi connectivity index (χ2v) is 7.38. The van der Waals surface area contributed by atoms with E-state index in [1.165, 1.54) is 16.9 Å². The van der Waals surface area contributed by atoms with Crippen LogP contribution in [0.2, 0.25) is 0 Å². The molecule has 3 aromatic heterocycles. The zero-order valence-corrected chi connectivity index (χ0v) is 16.3. The summed E-state index contributed by atoms with van der Waals surface area (Å²) >= 11 is 0. The molecule has 1 aliphatic rings. The van der Waals surface area contributed by atoms with Crippen molar-refractivity contribution in [3.8, 4) is 0 Å². The van der Waals surface area contributed by atoms with Crippen LogP contribution in [0.1, 0.15) is 34.7 Å². The first-order chi connectivity index (χ1) is 14.4. The van der Waals surface area contributed by atoms with Crippen molar-refractivity contribution in [2.45, 2.75) is 18.9 Å². The molecule has 0 unspecified atom stereocenters. The van der Waals surface area contributed by atoms with E-state index in [4.69, 9.17) is 0 Å². The number of benzene rings is 1. The molecule has 1 aromatic carbocycles. The van der Waals surface area contributed by atoms with Crippen LogP contribution in [-0.4, -0.2) is 48.0 Å². The molecule has 7 nitrogen and oxygen atoms in total. The third-order valence-electron chi connectivity index (χ3n) is 5.51. The predicted molar refractivity (Wildman–Crippen MR) is 107 cm³/mol. The second kappa shape index (κ2) is 6.72. The molecule has 1 amide bonds. The molecular weight excluding hydrogens is 390 g/mol. The maximum atomic E-state index is 13.2. The van der Waals surface area contributed by atoms with Crippen LogP contribution in [0.3, 0.4) is 0 Å². The minimum atomic E-state index is -2.70. The number of amides is 1. The van der Waals surface area contributed by atoms with Gasteiger partial charge in [-0.05, 0) is 36.3 Å². The molecule has 5 rings (SSSR count). The van der Waals surface area contributed by atoms with Crippen molar-refractivity contribution in [2.24, 2.45) is 7.05 Å². The Kier molecular flexibility index (Phi) is 4.12. The molecular formula is C21H18F2N6O. The van der Waals surface area contributed by atoms with Crippen LogP contribution in [0.5, 0.6) is 0 Å².